The molecular formula is C14H24O2. The highest BCUT2D eigenvalue weighted by Crippen LogP contribution is 2.42. The van der Waals surface area contributed by atoms with Gasteiger partial charge in [0.05, 0.1) is 0 Å². The number of hydrogen-bond acceptors (Lipinski definition) is 1. The molecule has 0 amide bonds. The molecule has 1 fully saturated rings. The first-order valence-corrected chi connectivity index (χ1v) is 6.24. The highest BCUT2D eigenvalue weighted by molar-refractivity contribution is 5.85. The van der Waals surface area contributed by atoms with Crippen molar-refractivity contribution in [1.29, 1.82) is 0 Å². The number of allylic oxidation sites excluding steroid dienone is 1. The van der Waals surface area contributed by atoms with Crippen molar-refractivity contribution in [2.75, 3.05) is 0 Å². The molecule has 0 bridgehead atoms. The first-order valence-electron chi connectivity index (χ1n) is 6.24. The molecule has 16 heavy (non-hydrogen) atoms. The molecule has 2 heteroatoms. The fourth-order valence-corrected chi connectivity index (χ4v) is 2.83. The van der Waals surface area contributed by atoms with E-state index in [1.165, 1.54) is 19.3 Å². The highest BCUT2D eigenvalue weighted by Gasteiger charge is 2.33. The maximum absolute atomic E-state index is 10.9. The van der Waals surface area contributed by atoms with Gasteiger partial charge < -0.3 is 5.11 Å². The van der Waals surface area contributed by atoms with Gasteiger partial charge in [0.2, 0.25) is 0 Å². The minimum Gasteiger partial charge on any atom is -0.478 e. The zero-order chi connectivity index (χ0) is 12.3. The van der Waals surface area contributed by atoms with Crippen molar-refractivity contribution in [3.05, 3.63) is 11.6 Å². The topological polar surface area (TPSA) is 37.3 Å². The van der Waals surface area contributed by atoms with E-state index in [4.69, 9.17) is 5.11 Å². The molecule has 1 aliphatic carbocycles. The van der Waals surface area contributed by atoms with Gasteiger partial charge in [-0.1, -0.05) is 39.7 Å². The molecule has 2 nitrogen and oxygen atoms in total. The van der Waals surface area contributed by atoms with Gasteiger partial charge in [0.1, 0.15) is 0 Å². The second-order valence-corrected chi connectivity index (χ2v) is 6.08. The minimum absolute atomic E-state index is 0.278. The van der Waals surface area contributed by atoms with Crippen molar-refractivity contribution < 1.29 is 9.90 Å². The van der Waals surface area contributed by atoms with Gasteiger partial charge in [0.25, 0.3) is 0 Å². The van der Waals surface area contributed by atoms with E-state index < -0.39 is 5.97 Å². The third kappa shape index (κ3) is 3.36. The van der Waals surface area contributed by atoms with E-state index >= 15 is 0 Å². The van der Waals surface area contributed by atoms with Crippen LogP contribution in [0.1, 0.15) is 53.4 Å². The van der Waals surface area contributed by atoms with Crippen molar-refractivity contribution in [2.45, 2.75) is 53.4 Å². The van der Waals surface area contributed by atoms with Crippen molar-refractivity contribution in [3.8, 4) is 0 Å². The number of rotatable bonds is 2. The van der Waals surface area contributed by atoms with E-state index in [1.807, 2.05) is 6.08 Å². The third-order valence-electron chi connectivity index (χ3n) is 3.73. The van der Waals surface area contributed by atoms with Gasteiger partial charge in [-0.2, -0.15) is 0 Å². The first kappa shape index (κ1) is 13.3. The van der Waals surface area contributed by atoms with E-state index in [1.54, 1.807) is 6.92 Å². The molecular weight excluding hydrogens is 200 g/mol. The molecule has 0 aromatic rings. The molecule has 0 aromatic heterocycles. The monoisotopic (exact) mass is 224 g/mol. The molecule has 0 aliphatic heterocycles. The molecule has 1 rings (SSSR count). The molecule has 0 saturated heterocycles. The van der Waals surface area contributed by atoms with Crippen molar-refractivity contribution in [3.63, 3.8) is 0 Å². The lowest BCUT2D eigenvalue weighted by Gasteiger charge is -2.39. The normalized spacial score (nSPS) is 27.9. The molecule has 1 N–H and O–H groups in total. The number of hydrogen-bond donors (Lipinski definition) is 1. The summed E-state index contributed by atoms with van der Waals surface area (Å²) in [5.74, 6) is 0.290. The van der Waals surface area contributed by atoms with E-state index in [0.29, 0.717) is 17.4 Å². The maximum atomic E-state index is 10.9. The fourth-order valence-electron chi connectivity index (χ4n) is 2.83. The van der Waals surface area contributed by atoms with Gasteiger partial charge in [0.15, 0.2) is 0 Å². The predicted molar refractivity (Wildman–Crippen MR) is 66.3 cm³/mol. The van der Waals surface area contributed by atoms with Crippen LogP contribution in [0.4, 0.5) is 0 Å². The van der Waals surface area contributed by atoms with Crippen molar-refractivity contribution in [1.82, 2.24) is 0 Å². The summed E-state index contributed by atoms with van der Waals surface area (Å²) in [7, 11) is 0. The van der Waals surface area contributed by atoms with Crippen LogP contribution in [0.15, 0.2) is 11.6 Å². The van der Waals surface area contributed by atoms with Crippen LogP contribution in [0, 0.1) is 17.3 Å². The van der Waals surface area contributed by atoms with Gasteiger partial charge in [-0.3, -0.25) is 0 Å². The molecule has 92 valence electrons. The summed E-state index contributed by atoms with van der Waals surface area (Å²) in [6.45, 7) is 8.50. The second kappa shape index (κ2) is 5.03. The van der Waals surface area contributed by atoms with Gasteiger partial charge >= 0.3 is 5.97 Å². The molecule has 1 aliphatic rings. The van der Waals surface area contributed by atoms with Crippen LogP contribution >= 0.6 is 0 Å². The van der Waals surface area contributed by atoms with Crippen molar-refractivity contribution in [2.24, 2.45) is 17.3 Å². The van der Waals surface area contributed by atoms with Crippen molar-refractivity contribution >= 4 is 5.97 Å². The van der Waals surface area contributed by atoms with Gasteiger partial charge in [-0.05, 0) is 37.0 Å². The Hall–Kier alpha value is -0.790. The summed E-state index contributed by atoms with van der Waals surface area (Å²) in [6, 6.07) is 0. The lowest BCUT2D eigenvalue weighted by Crippen LogP contribution is -2.30. The quantitative estimate of drug-likeness (QED) is 0.723. The number of aliphatic carboxylic acids is 1. The Bertz CT molecular complexity index is 284. The smallest absolute Gasteiger partial charge is 0.330 e. The maximum Gasteiger partial charge on any atom is 0.330 e. The van der Waals surface area contributed by atoms with E-state index in [2.05, 4.69) is 20.8 Å². The molecule has 2 atom stereocenters. The van der Waals surface area contributed by atoms with Gasteiger partial charge in [-0.15, -0.1) is 0 Å². The molecule has 0 spiro atoms. The zero-order valence-electron chi connectivity index (χ0n) is 10.9. The molecule has 0 heterocycles. The number of carboxylic acids is 1. The third-order valence-corrected chi connectivity index (χ3v) is 3.73. The molecule has 0 aromatic carbocycles. The Labute approximate surface area is 98.7 Å². The summed E-state index contributed by atoms with van der Waals surface area (Å²) in [5.41, 5.74) is 0.779. The Kier molecular flexibility index (Phi) is 4.17. The van der Waals surface area contributed by atoms with Crippen LogP contribution in [0.5, 0.6) is 0 Å². The SMILES string of the molecule is CC(=CC1CCCCC1C(C)(C)C)C(=O)O. The summed E-state index contributed by atoms with van der Waals surface area (Å²) >= 11 is 0. The van der Waals surface area contributed by atoms with Crippen LogP contribution in [0.2, 0.25) is 0 Å². The van der Waals surface area contributed by atoms with Gasteiger partial charge in [0, 0.05) is 5.57 Å². The summed E-state index contributed by atoms with van der Waals surface area (Å²) in [4.78, 5) is 10.9. The standard InChI is InChI=1S/C14H24O2/c1-10(13(15)16)9-11-7-5-6-8-12(11)14(2,3)4/h9,11-12H,5-8H2,1-4H3,(H,15,16). The van der Waals surface area contributed by atoms with E-state index in [0.717, 1.165) is 6.42 Å². The van der Waals surface area contributed by atoms with Gasteiger partial charge in [-0.25, -0.2) is 4.79 Å². The van der Waals surface area contributed by atoms with Crippen LogP contribution in [0.3, 0.4) is 0 Å². The second-order valence-electron chi connectivity index (χ2n) is 6.08. The lowest BCUT2D eigenvalue weighted by molar-refractivity contribution is -0.132. The average molecular weight is 224 g/mol. The van der Waals surface area contributed by atoms with E-state index in [9.17, 15) is 4.79 Å². The fraction of sp³-hybridized carbons (Fsp3) is 0.786. The van der Waals surface area contributed by atoms with Crippen LogP contribution in [-0.2, 0) is 4.79 Å². The first-order chi connectivity index (χ1) is 7.32. The average Bonchev–Trinajstić information content (AvgIpc) is 2.16. The lowest BCUT2D eigenvalue weighted by atomic mass is 9.66. The number of carbonyl (C=O) groups is 1. The highest BCUT2D eigenvalue weighted by atomic mass is 16.4. The Morgan fingerprint density at radius 1 is 1.25 bits per heavy atom. The predicted octanol–water partition coefficient (Wildman–Crippen LogP) is 3.87. The molecule has 2 unspecified atom stereocenters. The summed E-state index contributed by atoms with van der Waals surface area (Å²) < 4.78 is 0. The number of carboxylic acid groups (broad SMARTS) is 1. The summed E-state index contributed by atoms with van der Waals surface area (Å²) in [6.07, 6.45) is 6.89. The van der Waals surface area contributed by atoms with Crippen LogP contribution in [0.25, 0.3) is 0 Å². The van der Waals surface area contributed by atoms with E-state index in [-0.39, 0.29) is 5.41 Å². The molecule has 1 saturated carbocycles. The summed E-state index contributed by atoms with van der Waals surface area (Å²) in [5, 5.41) is 8.93. The zero-order valence-corrected chi connectivity index (χ0v) is 10.9. The van der Waals surface area contributed by atoms with Crippen LogP contribution in [-0.4, -0.2) is 11.1 Å². The minimum atomic E-state index is -0.779. The largest absolute Gasteiger partial charge is 0.478 e. The van der Waals surface area contributed by atoms with Crippen LogP contribution < -0.4 is 0 Å². The Morgan fingerprint density at radius 3 is 2.31 bits per heavy atom. The molecule has 0 radical (unpaired) electrons. The Morgan fingerprint density at radius 2 is 1.81 bits per heavy atom. The Balaban J connectivity index is 2.83.